The topological polar surface area (TPSA) is 92.5 Å². The zero-order valence-electron chi connectivity index (χ0n) is 12.8. The number of aromatic amines is 1. The Morgan fingerprint density at radius 1 is 1.33 bits per heavy atom. The van der Waals surface area contributed by atoms with Crippen LogP contribution in [0.5, 0.6) is 0 Å². The summed E-state index contributed by atoms with van der Waals surface area (Å²) in [6.45, 7) is 5.55. The second-order valence-electron chi connectivity index (χ2n) is 6.72. The number of fused-ring (bicyclic) bond motifs is 1. The van der Waals surface area contributed by atoms with E-state index in [2.05, 4.69) is 39.3 Å². The Balaban J connectivity index is 1.80. The lowest BCUT2D eigenvalue weighted by atomic mass is 9.78. The monoisotopic (exact) mass is 288 g/mol. The molecule has 6 heteroatoms. The molecule has 0 aliphatic heterocycles. The highest BCUT2D eigenvalue weighted by Gasteiger charge is 2.34. The summed E-state index contributed by atoms with van der Waals surface area (Å²) >= 11 is 0. The van der Waals surface area contributed by atoms with Crippen molar-refractivity contribution in [2.75, 3.05) is 17.6 Å². The quantitative estimate of drug-likeness (QED) is 0.786. The SMILES string of the molecule is CC(C)CC1(CNc2nc(N)nc3[nH]ncc23)CCCC1. The predicted molar refractivity (Wildman–Crippen MR) is 84.9 cm³/mol. The molecule has 1 fully saturated rings. The number of anilines is 2. The standard InChI is InChI=1S/C15H24N6/c1-10(2)7-15(5-3-4-6-15)9-17-12-11-8-18-21-13(11)20-14(16)19-12/h8,10H,3-7,9H2,1-2H3,(H4,16,17,18,19,20,21). The third-order valence-electron chi connectivity index (χ3n) is 4.46. The van der Waals surface area contributed by atoms with E-state index in [4.69, 9.17) is 5.73 Å². The molecule has 21 heavy (non-hydrogen) atoms. The largest absolute Gasteiger partial charge is 0.369 e. The minimum atomic E-state index is 0.276. The molecule has 114 valence electrons. The molecule has 0 amide bonds. The molecule has 2 heterocycles. The van der Waals surface area contributed by atoms with Crippen LogP contribution in [0.15, 0.2) is 6.20 Å². The molecule has 0 unspecified atom stereocenters. The van der Waals surface area contributed by atoms with Crippen LogP contribution in [0.1, 0.15) is 46.0 Å². The number of hydrogen-bond acceptors (Lipinski definition) is 5. The number of rotatable bonds is 5. The van der Waals surface area contributed by atoms with Gasteiger partial charge in [-0.25, -0.2) is 0 Å². The Labute approximate surface area is 124 Å². The molecule has 2 aromatic heterocycles. The molecule has 0 bridgehead atoms. The van der Waals surface area contributed by atoms with Crippen LogP contribution in [0.2, 0.25) is 0 Å². The lowest BCUT2D eigenvalue weighted by molar-refractivity contribution is 0.252. The summed E-state index contributed by atoms with van der Waals surface area (Å²) in [5.74, 6) is 1.79. The van der Waals surface area contributed by atoms with Gasteiger partial charge in [0.15, 0.2) is 5.65 Å². The number of hydrogen-bond donors (Lipinski definition) is 3. The molecule has 0 aromatic carbocycles. The first-order chi connectivity index (χ1) is 10.1. The van der Waals surface area contributed by atoms with Crippen LogP contribution in [0.4, 0.5) is 11.8 Å². The van der Waals surface area contributed by atoms with Crippen LogP contribution in [-0.4, -0.2) is 26.7 Å². The summed E-state index contributed by atoms with van der Waals surface area (Å²) in [6, 6.07) is 0. The van der Waals surface area contributed by atoms with Crippen LogP contribution in [0, 0.1) is 11.3 Å². The van der Waals surface area contributed by atoms with E-state index in [-0.39, 0.29) is 5.95 Å². The van der Waals surface area contributed by atoms with Gasteiger partial charge in [-0.3, -0.25) is 5.10 Å². The van der Waals surface area contributed by atoms with E-state index in [1.165, 1.54) is 32.1 Å². The Morgan fingerprint density at radius 3 is 2.81 bits per heavy atom. The average molecular weight is 288 g/mol. The van der Waals surface area contributed by atoms with E-state index < -0.39 is 0 Å². The molecule has 1 aliphatic rings. The highest BCUT2D eigenvalue weighted by atomic mass is 15.2. The van der Waals surface area contributed by atoms with Gasteiger partial charge in [-0.05, 0) is 30.6 Å². The van der Waals surface area contributed by atoms with Gasteiger partial charge in [-0.15, -0.1) is 0 Å². The lowest BCUT2D eigenvalue weighted by Crippen LogP contribution is -2.29. The lowest BCUT2D eigenvalue weighted by Gasteiger charge is -2.31. The van der Waals surface area contributed by atoms with Crippen LogP contribution in [0.25, 0.3) is 11.0 Å². The van der Waals surface area contributed by atoms with E-state index in [0.717, 1.165) is 17.7 Å². The van der Waals surface area contributed by atoms with Crippen molar-refractivity contribution in [3.8, 4) is 0 Å². The maximum atomic E-state index is 5.77. The normalized spacial score (nSPS) is 17.7. The van der Waals surface area contributed by atoms with E-state index >= 15 is 0 Å². The minimum absolute atomic E-state index is 0.276. The summed E-state index contributed by atoms with van der Waals surface area (Å²) < 4.78 is 0. The van der Waals surface area contributed by atoms with Gasteiger partial charge in [-0.1, -0.05) is 26.7 Å². The maximum absolute atomic E-state index is 5.77. The smallest absolute Gasteiger partial charge is 0.224 e. The Bertz CT molecular complexity index is 612. The first-order valence-electron chi connectivity index (χ1n) is 7.78. The minimum Gasteiger partial charge on any atom is -0.369 e. The van der Waals surface area contributed by atoms with Gasteiger partial charge in [0.1, 0.15) is 5.82 Å². The average Bonchev–Trinajstić information content (AvgIpc) is 3.04. The van der Waals surface area contributed by atoms with Crippen molar-refractivity contribution in [3.63, 3.8) is 0 Å². The van der Waals surface area contributed by atoms with Crippen molar-refractivity contribution < 1.29 is 0 Å². The highest BCUT2D eigenvalue weighted by Crippen LogP contribution is 2.43. The molecule has 2 aromatic rings. The van der Waals surface area contributed by atoms with Crippen LogP contribution < -0.4 is 11.1 Å². The fourth-order valence-corrected chi connectivity index (χ4v) is 3.70. The Morgan fingerprint density at radius 2 is 2.10 bits per heavy atom. The number of nitrogens with zero attached hydrogens (tertiary/aromatic N) is 3. The van der Waals surface area contributed by atoms with Crippen molar-refractivity contribution in [2.24, 2.45) is 11.3 Å². The van der Waals surface area contributed by atoms with Gasteiger partial charge < -0.3 is 11.1 Å². The second-order valence-corrected chi connectivity index (χ2v) is 6.72. The maximum Gasteiger partial charge on any atom is 0.224 e. The molecule has 6 nitrogen and oxygen atoms in total. The van der Waals surface area contributed by atoms with Crippen molar-refractivity contribution in [3.05, 3.63) is 6.20 Å². The zero-order valence-corrected chi connectivity index (χ0v) is 12.8. The third-order valence-corrected chi connectivity index (χ3v) is 4.46. The predicted octanol–water partition coefficient (Wildman–Crippen LogP) is 2.95. The van der Waals surface area contributed by atoms with Gasteiger partial charge in [0.25, 0.3) is 0 Å². The summed E-state index contributed by atoms with van der Waals surface area (Å²) in [5, 5.41) is 11.3. The van der Waals surface area contributed by atoms with E-state index in [0.29, 0.717) is 17.0 Å². The molecule has 0 saturated heterocycles. The van der Waals surface area contributed by atoms with E-state index in [9.17, 15) is 0 Å². The summed E-state index contributed by atoms with van der Waals surface area (Å²) in [4.78, 5) is 8.49. The number of aromatic nitrogens is 4. The number of nitrogen functional groups attached to an aromatic ring is 1. The van der Waals surface area contributed by atoms with Crippen LogP contribution in [0.3, 0.4) is 0 Å². The molecule has 3 rings (SSSR count). The number of nitrogens with one attached hydrogen (secondary N) is 2. The van der Waals surface area contributed by atoms with Gasteiger partial charge in [0.05, 0.1) is 11.6 Å². The Kier molecular flexibility index (Phi) is 3.69. The van der Waals surface area contributed by atoms with Crippen LogP contribution >= 0.6 is 0 Å². The molecule has 0 spiro atoms. The fourth-order valence-electron chi connectivity index (χ4n) is 3.70. The van der Waals surface area contributed by atoms with E-state index in [1.54, 1.807) is 6.20 Å². The van der Waals surface area contributed by atoms with Crippen LogP contribution in [-0.2, 0) is 0 Å². The third kappa shape index (κ3) is 2.94. The molecule has 1 saturated carbocycles. The van der Waals surface area contributed by atoms with Crippen molar-refractivity contribution >= 4 is 22.8 Å². The molecular formula is C15H24N6. The summed E-state index contributed by atoms with van der Waals surface area (Å²) in [5.41, 5.74) is 6.85. The zero-order chi connectivity index (χ0) is 14.9. The number of H-pyrrole nitrogens is 1. The highest BCUT2D eigenvalue weighted by molar-refractivity contribution is 5.86. The first-order valence-corrected chi connectivity index (χ1v) is 7.78. The van der Waals surface area contributed by atoms with Gasteiger partial charge in [0.2, 0.25) is 5.95 Å². The number of nitrogens with two attached hydrogens (primary N) is 1. The van der Waals surface area contributed by atoms with Crippen molar-refractivity contribution in [2.45, 2.75) is 46.0 Å². The first kappa shape index (κ1) is 14.1. The van der Waals surface area contributed by atoms with Gasteiger partial charge >= 0.3 is 0 Å². The van der Waals surface area contributed by atoms with Gasteiger partial charge in [0, 0.05) is 6.54 Å². The molecule has 4 N–H and O–H groups in total. The van der Waals surface area contributed by atoms with Crippen molar-refractivity contribution in [1.29, 1.82) is 0 Å². The second kappa shape index (κ2) is 5.50. The summed E-state index contributed by atoms with van der Waals surface area (Å²) in [6.07, 6.45) is 8.28. The molecule has 1 aliphatic carbocycles. The van der Waals surface area contributed by atoms with Gasteiger partial charge in [-0.2, -0.15) is 15.1 Å². The van der Waals surface area contributed by atoms with Crippen molar-refractivity contribution in [1.82, 2.24) is 20.2 Å². The van der Waals surface area contributed by atoms with E-state index in [1.807, 2.05) is 0 Å². The Hall–Kier alpha value is -1.85. The molecule has 0 atom stereocenters. The summed E-state index contributed by atoms with van der Waals surface area (Å²) in [7, 11) is 0. The fraction of sp³-hybridized carbons (Fsp3) is 0.667. The molecular weight excluding hydrogens is 264 g/mol. The molecule has 0 radical (unpaired) electrons.